The van der Waals surface area contributed by atoms with Crippen molar-refractivity contribution in [2.75, 3.05) is 7.05 Å². The van der Waals surface area contributed by atoms with E-state index in [1.54, 1.807) is 7.05 Å². The van der Waals surface area contributed by atoms with Crippen LogP contribution in [0, 0.1) is 5.92 Å². The maximum atomic E-state index is 12.3. The Balaban J connectivity index is 2.83. The molecular weight excluding hydrogens is 230 g/mol. The van der Waals surface area contributed by atoms with Gasteiger partial charge in [-0.25, -0.2) is 4.79 Å². The molecule has 104 valence electrons. The Morgan fingerprint density at radius 3 is 2.00 bits per heavy atom. The molecule has 1 aliphatic rings. The lowest BCUT2D eigenvalue weighted by Crippen LogP contribution is -2.61. The van der Waals surface area contributed by atoms with Crippen molar-refractivity contribution in [1.82, 2.24) is 4.90 Å². The molecular formula is C14H25NO3. The lowest BCUT2D eigenvalue weighted by Gasteiger charge is -2.47. The Morgan fingerprint density at radius 2 is 1.72 bits per heavy atom. The standard InChI is InChI=1S/C14H25NO3/c1-10(2)11(16)14(8-7-9-14)15(6)12(17)18-13(3,4)5/h10H,7-9H2,1-6H3. The van der Waals surface area contributed by atoms with E-state index in [-0.39, 0.29) is 11.7 Å². The number of nitrogens with zero attached hydrogens (tertiary/aromatic N) is 1. The number of hydrogen-bond donors (Lipinski definition) is 0. The first kappa shape index (κ1) is 15.0. The molecule has 0 radical (unpaired) electrons. The Morgan fingerprint density at radius 1 is 1.22 bits per heavy atom. The zero-order chi connectivity index (χ0) is 14.1. The highest BCUT2D eigenvalue weighted by Gasteiger charge is 2.50. The lowest BCUT2D eigenvalue weighted by atomic mass is 9.70. The molecule has 1 aliphatic carbocycles. The van der Waals surface area contributed by atoms with Crippen molar-refractivity contribution in [3.63, 3.8) is 0 Å². The van der Waals surface area contributed by atoms with E-state index in [2.05, 4.69) is 0 Å². The summed E-state index contributed by atoms with van der Waals surface area (Å²) in [7, 11) is 1.67. The van der Waals surface area contributed by atoms with Crippen molar-refractivity contribution >= 4 is 11.9 Å². The average Bonchev–Trinajstić information content (AvgIpc) is 2.12. The van der Waals surface area contributed by atoms with Crippen molar-refractivity contribution in [3.8, 4) is 0 Å². The van der Waals surface area contributed by atoms with Crippen molar-refractivity contribution in [2.24, 2.45) is 5.92 Å². The maximum Gasteiger partial charge on any atom is 0.410 e. The fourth-order valence-corrected chi connectivity index (χ4v) is 2.30. The van der Waals surface area contributed by atoms with Gasteiger partial charge in [0.05, 0.1) is 0 Å². The second-order valence-electron chi connectivity index (χ2n) is 6.44. The number of likely N-dealkylation sites (N-methyl/N-ethyl adjacent to an activating group) is 1. The van der Waals surface area contributed by atoms with E-state index in [4.69, 9.17) is 4.74 Å². The zero-order valence-corrected chi connectivity index (χ0v) is 12.4. The first-order chi connectivity index (χ1) is 8.10. The Bertz CT molecular complexity index is 337. The molecule has 0 bridgehead atoms. The fraction of sp³-hybridized carbons (Fsp3) is 0.857. The molecule has 0 unspecified atom stereocenters. The van der Waals surface area contributed by atoms with Gasteiger partial charge in [-0.15, -0.1) is 0 Å². The number of carbonyl (C=O) groups excluding carboxylic acids is 2. The van der Waals surface area contributed by atoms with Crippen molar-refractivity contribution in [2.45, 2.75) is 65.0 Å². The second-order valence-corrected chi connectivity index (χ2v) is 6.44. The topological polar surface area (TPSA) is 46.6 Å². The number of rotatable bonds is 3. The van der Waals surface area contributed by atoms with Crippen LogP contribution in [0.15, 0.2) is 0 Å². The number of ether oxygens (including phenoxy) is 1. The molecule has 0 atom stereocenters. The molecule has 1 saturated carbocycles. The van der Waals surface area contributed by atoms with Crippen LogP contribution in [0.4, 0.5) is 4.79 Å². The van der Waals surface area contributed by atoms with E-state index in [1.165, 1.54) is 4.90 Å². The van der Waals surface area contributed by atoms with Gasteiger partial charge < -0.3 is 4.74 Å². The minimum Gasteiger partial charge on any atom is -0.444 e. The molecule has 4 nitrogen and oxygen atoms in total. The van der Waals surface area contributed by atoms with Gasteiger partial charge in [-0.2, -0.15) is 0 Å². The van der Waals surface area contributed by atoms with Crippen LogP contribution in [-0.2, 0) is 9.53 Å². The molecule has 1 amide bonds. The van der Waals surface area contributed by atoms with Crippen LogP contribution in [0.1, 0.15) is 53.9 Å². The normalized spacial score (nSPS) is 18.2. The SMILES string of the molecule is CC(C)C(=O)C1(N(C)C(=O)OC(C)(C)C)CCC1. The van der Waals surface area contributed by atoms with Gasteiger partial charge in [0.2, 0.25) is 0 Å². The summed E-state index contributed by atoms with van der Waals surface area (Å²) in [5.41, 5.74) is -1.16. The lowest BCUT2D eigenvalue weighted by molar-refractivity contribution is -0.139. The number of amides is 1. The van der Waals surface area contributed by atoms with Crippen molar-refractivity contribution < 1.29 is 14.3 Å². The Kier molecular flexibility index (Phi) is 4.08. The molecule has 0 N–H and O–H groups in total. The van der Waals surface area contributed by atoms with Crippen LogP contribution in [0.5, 0.6) is 0 Å². The quantitative estimate of drug-likeness (QED) is 0.778. The molecule has 0 aromatic rings. The number of carbonyl (C=O) groups is 2. The van der Waals surface area contributed by atoms with Crippen LogP contribution in [0.3, 0.4) is 0 Å². The van der Waals surface area contributed by atoms with Crippen molar-refractivity contribution in [1.29, 1.82) is 0 Å². The van der Waals surface area contributed by atoms with Gasteiger partial charge in [-0.3, -0.25) is 9.69 Å². The summed E-state index contributed by atoms with van der Waals surface area (Å²) >= 11 is 0. The van der Waals surface area contributed by atoms with Gasteiger partial charge in [0.25, 0.3) is 0 Å². The summed E-state index contributed by atoms with van der Waals surface area (Å²) in [4.78, 5) is 25.9. The highest BCUT2D eigenvalue weighted by molar-refractivity contribution is 5.93. The molecule has 0 spiro atoms. The van der Waals surface area contributed by atoms with Gasteiger partial charge >= 0.3 is 6.09 Å². The summed E-state index contributed by atoms with van der Waals surface area (Å²) < 4.78 is 5.35. The fourth-order valence-electron chi connectivity index (χ4n) is 2.30. The smallest absolute Gasteiger partial charge is 0.410 e. The Labute approximate surface area is 110 Å². The maximum absolute atomic E-state index is 12.3. The monoisotopic (exact) mass is 255 g/mol. The van der Waals surface area contributed by atoms with E-state index in [0.717, 1.165) is 19.3 Å². The summed E-state index contributed by atoms with van der Waals surface area (Å²) in [6.07, 6.45) is 2.08. The molecule has 0 saturated heterocycles. The Hall–Kier alpha value is -1.06. The van der Waals surface area contributed by atoms with E-state index in [1.807, 2.05) is 34.6 Å². The third-order valence-corrected chi connectivity index (χ3v) is 3.47. The van der Waals surface area contributed by atoms with E-state index in [0.29, 0.717) is 0 Å². The molecule has 1 fully saturated rings. The van der Waals surface area contributed by atoms with E-state index < -0.39 is 17.2 Å². The van der Waals surface area contributed by atoms with Gasteiger partial charge in [0.15, 0.2) is 5.78 Å². The van der Waals surface area contributed by atoms with Crippen molar-refractivity contribution in [3.05, 3.63) is 0 Å². The molecule has 0 aromatic carbocycles. The number of Topliss-reactive ketones (excluding diaryl/α,β-unsaturated/α-hetero) is 1. The molecule has 0 aromatic heterocycles. The average molecular weight is 255 g/mol. The van der Waals surface area contributed by atoms with E-state index >= 15 is 0 Å². The molecule has 1 rings (SSSR count). The van der Waals surface area contributed by atoms with Gasteiger partial charge in [-0.05, 0) is 40.0 Å². The van der Waals surface area contributed by atoms with Gasteiger partial charge in [0.1, 0.15) is 11.1 Å². The number of ketones is 1. The van der Waals surface area contributed by atoms with Crippen LogP contribution < -0.4 is 0 Å². The second kappa shape index (κ2) is 4.90. The third kappa shape index (κ3) is 2.85. The predicted molar refractivity (Wildman–Crippen MR) is 70.4 cm³/mol. The van der Waals surface area contributed by atoms with E-state index in [9.17, 15) is 9.59 Å². The largest absolute Gasteiger partial charge is 0.444 e. The molecule has 18 heavy (non-hydrogen) atoms. The predicted octanol–water partition coefficient (Wildman–Crippen LogP) is 3.00. The number of hydrogen-bond acceptors (Lipinski definition) is 3. The van der Waals surface area contributed by atoms with Crippen LogP contribution in [-0.4, -0.2) is 35.0 Å². The highest BCUT2D eigenvalue weighted by Crippen LogP contribution is 2.40. The van der Waals surface area contributed by atoms with Crippen LogP contribution in [0.25, 0.3) is 0 Å². The molecule has 4 heteroatoms. The first-order valence-corrected chi connectivity index (χ1v) is 6.61. The first-order valence-electron chi connectivity index (χ1n) is 6.61. The third-order valence-electron chi connectivity index (χ3n) is 3.47. The van der Waals surface area contributed by atoms with Gasteiger partial charge in [0, 0.05) is 13.0 Å². The summed E-state index contributed by atoms with van der Waals surface area (Å²) in [6, 6.07) is 0. The highest BCUT2D eigenvalue weighted by atomic mass is 16.6. The zero-order valence-electron chi connectivity index (χ0n) is 12.4. The minimum atomic E-state index is -0.628. The minimum absolute atomic E-state index is 0.0600. The summed E-state index contributed by atoms with van der Waals surface area (Å²) in [6.45, 7) is 9.25. The summed E-state index contributed by atoms with van der Waals surface area (Å²) in [5, 5.41) is 0. The van der Waals surface area contributed by atoms with Gasteiger partial charge in [-0.1, -0.05) is 13.8 Å². The van der Waals surface area contributed by atoms with Crippen LogP contribution in [0.2, 0.25) is 0 Å². The van der Waals surface area contributed by atoms with Crippen LogP contribution >= 0.6 is 0 Å². The molecule has 0 aliphatic heterocycles. The summed E-state index contributed by atoms with van der Waals surface area (Å²) in [5.74, 6) is 0.0808. The molecule has 0 heterocycles.